The minimum Gasteiger partial charge on any atom is -0.467 e. The molecule has 5 nitrogen and oxygen atoms in total. The highest BCUT2D eigenvalue weighted by Crippen LogP contribution is 2.11. The fraction of sp³-hybridized carbons (Fsp3) is 0.900. The minimum absolute atomic E-state index is 0.375. The van der Waals surface area contributed by atoms with E-state index >= 15 is 0 Å². The molecular weight excluding hydrogens is 232 g/mol. The van der Waals surface area contributed by atoms with Crippen LogP contribution < -0.4 is 0 Å². The van der Waals surface area contributed by atoms with Gasteiger partial charge in [0.15, 0.2) is 6.10 Å². The van der Waals surface area contributed by atoms with Gasteiger partial charge in [0.1, 0.15) is 0 Å². The predicted molar refractivity (Wildman–Crippen MR) is 60.5 cm³/mol. The normalized spacial score (nSPS) is 13.4. The third-order valence-electron chi connectivity index (χ3n) is 2.07. The molecule has 0 bridgehead atoms. The second-order valence-electron chi connectivity index (χ2n) is 3.66. The Morgan fingerprint density at radius 3 is 2.31 bits per heavy atom. The van der Waals surface area contributed by atoms with Crippen LogP contribution in [0.25, 0.3) is 0 Å². The summed E-state index contributed by atoms with van der Waals surface area (Å²) >= 11 is 0. The number of hydrogen-bond acceptors (Lipinski definition) is 5. The number of esters is 1. The molecule has 1 unspecified atom stereocenters. The molecule has 6 heteroatoms. The molecule has 0 radical (unpaired) electrons. The number of ether oxygens (including phenoxy) is 1. The van der Waals surface area contributed by atoms with Crippen LogP contribution in [0, 0.1) is 0 Å². The van der Waals surface area contributed by atoms with E-state index in [0.717, 1.165) is 31.9 Å². The van der Waals surface area contributed by atoms with E-state index in [-0.39, 0.29) is 0 Å². The van der Waals surface area contributed by atoms with Crippen molar-refractivity contribution in [1.82, 2.24) is 0 Å². The molecule has 0 heterocycles. The maximum Gasteiger partial charge on any atom is 0.336 e. The molecule has 0 aliphatic heterocycles. The van der Waals surface area contributed by atoms with E-state index in [1.807, 2.05) is 0 Å². The van der Waals surface area contributed by atoms with Crippen LogP contribution in [0.3, 0.4) is 0 Å². The van der Waals surface area contributed by atoms with E-state index in [0.29, 0.717) is 6.42 Å². The fourth-order valence-corrected chi connectivity index (χ4v) is 1.90. The molecule has 0 spiro atoms. The number of hydrogen-bond donors (Lipinski definition) is 0. The Kier molecular flexibility index (Phi) is 7.33. The van der Waals surface area contributed by atoms with Crippen molar-refractivity contribution >= 4 is 16.1 Å². The summed E-state index contributed by atoms with van der Waals surface area (Å²) in [5.74, 6) is -0.637. The predicted octanol–water partition coefficient (Wildman–Crippen LogP) is 1.47. The zero-order valence-electron chi connectivity index (χ0n) is 10.1. The zero-order chi connectivity index (χ0) is 12.6. The molecule has 0 aromatic rings. The van der Waals surface area contributed by atoms with Crippen molar-refractivity contribution < 1.29 is 22.1 Å². The molecule has 1 atom stereocenters. The highest BCUT2D eigenvalue weighted by Gasteiger charge is 2.23. The SMILES string of the molecule is CCCCCCC(OS(C)(=O)=O)C(=O)OC. The molecular formula is C10H20O5S. The van der Waals surface area contributed by atoms with Gasteiger partial charge < -0.3 is 4.74 Å². The van der Waals surface area contributed by atoms with Crippen molar-refractivity contribution in [1.29, 1.82) is 0 Å². The molecule has 0 saturated carbocycles. The van der Waals surface area contributed by atoms with E-state index < -0.39 is 22.2 Å². The van der Waals surface area contributed by atoms with E-state index in [1.165, 1.54) is 7.11 Å². The standard InChI is InChI=1S/C10H20O5S/c1-4-5-6-7-8-9(10(11)14-2)15-16(3,12)13/h9H,4-8H2,1-3H3. The summed E-state index contributed by atoms with van der Waals surface area (Å²) in [5.41, 5.74) is 0. The number of rotatable bonds is 8. The Bertz CT molecular complexity index is 296. The lowest BCUT2D eigenvalue weighted by Gasteiger charge is -2.13. The number of carbonyl (C=O) groups excluding carboxylic acids is 1. The van der Waals surface area contributed by atoms with E-state index in [9.17, 15) is 13.2 Å². The van der Waals surface area contributed by atoms with Crippen LogP contribution in [0.1, 0.15) is 39.0 Å². The van der Waals surface area contributed by atoms with Crippen LogP contribution in [-0.4, -0.2) is 33.9 Å². The molecule has 0 rings (SSSR count). The Balaban J connectivity index is 4.17. The van der Waals surface area contributed by atoms with Gasteiger partial charge in [0.2, 0.25) is 0 Å². The third-order valence-corrected chi connectivity index (χ3v) is 2.66. The van der Waals surface area contributed by atoms with Gasteiger partial charge in [-0.05, 0) is 6.42 Å². The molecule has 96 valence electrons. The van der Waals surface area contributed by atoms with Crippen LogP contribution in [0.4, 0.5) is 0 Å². The maximum absolute atomic E-state index is 11.2. The summed E-state index contributed by atoms with van der Waals surface area (Å²) in [7, 11) is -2.41. The quantitative estimate of drug-likeness (QED) is 0.372. The van der Waals surface area contributed by atoms with E-state index in [1.54, 1.807) is 0 Å². The van der Waals surface area contributed by atoms with Crippen LogP contribution in [0.15, 0.2) is 0 Å². The number of carbonyl (C=O) groups is 1. The highest BCUT2D eigenvalue weighted by molar-refractivity contribution is 7.86. The second kappa shape index (κ2) is 7.62. The summed E-state index contributed by atoms with van der Waals surface area (Å²) in [6.07, 6.45) is 4.15. The van der Waals surface area contributed by atoms with Gasteiger partial charge in [0.05, 0.1) is 13.4 Å². The van der Waals surface area contributed by atoms with Crippen molar-refractivity contribution in [3.05, 3.63) is 0 Å². The van der Waals surface area contributed by atoms with Crippen LogP contribution in [0.5, 0.6) is 0 Å². The molecule has 0 N–H and O–H groups in total. The average molecular weight is 252 g/mol. The molecule has 0 aliphatic rings. The largest absolute Gasteiger partial charge is 0.467 e. The number of unbranched alkanes of at least 4 members (excludes halogenated alkanes) is 3. The summed E-state index contributed by atoms with van der Waals surface area (Å²) in [6.45, 7) is 2.07. The molecule has 0 fully saturated rings. The highest BCUT2D eigenvalue weighted by atomic mass is 32.2. The molecule has 0 amide bonds. The lowest BCUT2D eigenvalue weighted by molar-refractivity contribution is -0.149. The van der Waals surface area contributed by atoms with Crippen molar-refractivity contribution in [2.75, 3.05) is 13.4 Å². The first-order valence-corrected chi connectivity index (χ1v) is 7.18. The van der Waals surface area contributed by atoms with E-state index in [2.05, 4.69) is 15.8 Å². The molecule has 0 aromatic carbocycles. The first kappa shape index (κ1) is 15.4. The monoisotopic (exact) mass is 252 g/mol. The van der Waals surface area contributed by atoms with Gasteiger partial charge in [0, 0.05) is 0 Å². The van der Waals surface area contributed by atoms with Crippen molar-refractivity contribution in [2.24, 2.45) is 0 Å². The molecule has 0 saturated heterocycles. The van der Waals surface area contributed by atoms with Crippen LogP contribution in [-0.2, 0) is 23.8 Å². The van der Waals surface area contributed by atoms with Crippen LogP contribution >= 0.6 is 0 Å². The van der Waals surface area contributed by atoms with Crippen LogP contribution in [0.2, 0.25) is 0 Å². The summed E-state index contributed by atoms with van der Waals surface area (Å²) in [6, 6.07) is 0. The van der Waals surface area contributed by atoms with Gasteiger partial charge in [-0.25, -0.2) is 4.79 Å². The molecule has 0 aromatic heterocycles. The Hall–Kier alpha value is -0.620. The van der Waals surface area contributed by atoms with Crippen molar-refractivity contribution in [3.63, 3.8) is 0 Å². The minimum atomic E-state index is -3.62. The smallest absolute Gasteiger partial charge is 0.336 e. The third kappa shape index (κ3) is 7.64. The summed E-state index contributed by atoms with van der Waals surface area (Å²) < 4.78 is 31.0. The molecule has 0 aliphatic carbocycles. The summed E-state index contributed by atoms with van der Waals surface area (Å²) in [5, 5.41) is 0. The van der Waals surface area contributed by atoms with Gasteiger partial charge in [-0.2, -0.15) is 8.42 Å². The lowest BCUT2D eigenvalue weighted by atomic mass is 10.1. The van der Waals surface area contributed by atoms with Gasteiger partial charge in [0.25, 0.3) is 10.1 Å². The average Bonchev–Trinajstić information content (AvgIpc) is 2.19. The van der Waals surface area contributed by atoms with Gasteiger partial charge in [-0.15, -0.1) is 0 Å². The van der Waals surface area contributed by atoms with Gasteiger partial charge in [-0.1, -0.05) is 32.6 Å². The van der Waals surface area contributed by atoms with E-state index in [4.69, 9.17) is 0 Å². The Morgan fingerprint density at radius 1 is 1.25 bits per heavy atom. The maximum atomic E-state index is 11.2. The van der Waals surface area contributed by atoms with Crippen molar-refractivity contribution in [2.45, 2.75) is 45.1 Å². The number of methoxy groups -OCH3 is 1. The zero-order valence-corrected chi connectivity index (χ0v) is 10.9. The Labute approximate surface area is 97.2 Å². The second-order valence-corrected chi connectivity index (χ2v) is 5.26. The topological polar surface area (TPSA) is 69.7 Å². The lowest BCUT2D eigenvalue weighted by Crippen LogP contribution is -2.28. The molecule has 16 heavy (non-hydrogen) atoms. The van der Waals surface area contributed by atoms with Gasteiger partial charge in [-0.3, -0.25) is 4.18 Å². The fourth-order valence-electron chi connectivity index (χ4n) is 1.30. The van der Waals surface area contributed by atoms with Gasteiger partial charge >= 0.3 is 5.97 Å². The van der Waals surface area contributed by atoms with Crippen molar-refractivity contribution in [3.8, 4) is 0 Å². The summed E-state index contributed by atoms with van der Waals surface area (Å²) in [4.78, 5) is 11.2. The first-order chi connectivity index (χ1) is 7.40. The first-order valence-electron chi connectivity index (χ1n) is 5.36. The Morgan fingerprint density at radius 2 is 1.88 bits per heavy atom.